The maximum Gasteiger partial charge on any atom is 0.365 e. The van der Waals surface area contributed by atoms with E-state index in [-0.39, 0.29) is 29.8 Å². The quantitative estimate of drug-likeness (QED) is 0.590. The summed E-state index contributed by atoms with van der Waals surface area (Å²) in [5.74, 6) is -2.67. The number of aromatic nitrogens is 1. The van der Waals surface area contributed by atoms with Crippen molar-refractivity contribution in [1.82, 2.24) is 9.63 Å². The molecule has 8 nitrogen and oxygen atoms in total. The summed E-state index contributed by atoms with van der Waals surface area (Å²) < 4.78 is 6.53. The monoisotopic (exact) mass is 370 g/mol. The number of ether oxygens (including phenoxy) is 1. The summed E-state index contributed by atoms with van der Waals surface area (Å²) in [6.45, 7) is 5.28. The molecule has 1 aliphatic heterocycles. The van der Waals surface area contributed by atoms with E-state index >= 15 is 0 Å². The Labute approximate surface area is 155 Å². The third kappa shape index (κ3) is 3.21. The van der Waals surface area contributed by atoms with Gasteiger partial charge in [-0.25, -0.2) is 4.79 Å². The fourth-order valence-electron chi connectivity index (χ4n) is 2.97. The number of imide groups is 1. The molecular formula is C19H18N2O6. The number of aryl methyl sites for hydroxylation is 1. The molecule has 1 aliphatic rings. The summed E-state index contributed by atoms with van der Waals surface area (Å²) in [6.07, 6.45) is 0. The second-order valence-electron chi connectivity index (χ2n) is 6.00. The van der Waals surface area contributed by atoms with Gasteiger partial charge in [-0.3, -0.25) is 14.4 Å². The van der Waals surface area contributed by atoms with Crippen LogP contribution in [-0.2, 0) is 20.9 Å². The Morgan fingerprint density at radius 2 is 1.63 bits per heavy atom. The molecule has 0 aliphatic carbocycles. The van der Waals surface area contributed by atoms with Crippen molar-refractivity contribution >= 4 is 23.8 Å². The van der Waals surface area contributed by atoms with E-state index in [1.54, 1.807) is 37.5 Å². The van der Waals surface area contributed by atoms with Crippen molar-refractivity contribution in [2.24, 2.45) is 0 Å². The number of benzene rings is 1. The lowest BCUT2D eigenvalue weighted by atomic mass is 10.1. The Morgan fingerprint density at radius 1 is 1.04 bits per heavy atom. The minimum absolute atomic E-state index is 0.0498. The molecule has 0 atom stereocenters. The molecule has 0 radical (unpaired) electrons. The van der Waals surface area contributed by atoms with Gasteiger partial charge in [0.1, 0.15) is 6.54 Å². The van der Waals surface area contributed by atoms with Gasteiger partial charge in [-0.05, 0) is 39.0 Å². The van der Waals surface area contributed by atoms with Crippen LogP contribution in [0.4, 0.5) is 0 Å². The van der Waals surface area contributed by atoms with E-state index in [9.17, 15) is 19.2 Å². The molecule has 0 fully saturated rings. The number of hydrogen-bond donors (Lipinski definition) is 0. The zero-order valence-electron chi connectivity index (χ0n) is 15.1. The zero-order valence-corrected chi connectivity index (χ0v) is 15.1. The predicted molar refractivity (Wildman–Crippen MR) is 92.9 cm³/mol. The molecule has 140 valence electrons. The van der Waals surface area contributed by atoms with Crippen molar-refractivity contribution in [2.75, 3.05) is 6.61 Å². The molecule has 0 unspecified atom stereocenters. The highest BCUT2D eigenvalue weighted by Crippen LogP contribution is 2.24. The van der Waals surface area contributed by atoms with Gasteiger partial charge >= 0.3 is 11.9 Å². The minimum atomic E-state index is -0.854. The van der Waals surface area contributed by atoms with Gasteiger partial charge in [-0.2, -0.15) is 0 Å². The first kappa shape index (κ1) is 18.4. The zero-order chi connectivity index (χ0) is 19.7. The SMILES string of the molecule is CCOC(=O)Cn1c(C)cc(C(=O)ON2C(=O)c3ccccc3C2=O)c1C. The third-order valence-corrected chi connectivity index (χ3v) is 4.32. The van der Waals surface area contributed by atoms with Crippen LogP contribution in [-0.4, -0.2) is 40.0 Å². The molecule has 8 heteroatoms. The molecule has 2 heterocycles. The lowest BCUT2D eigenvalue weighted by molar-refractivity contribution is -0.143. The van der Waals surface area contributed by atoms with Crippen molar-refractivity contribution in [2.45, 2.75) is 27.3 Å². The highest BCUT2D eigenvalue weighted by Gasteiger charge is 2.39. The molecule has 0 bridgehead atoms. The third-order valence-electron chi connectivity index (χ3n) is 4.32. The fourth-order valence-corrected chi connectivity index (χ4v) is 2.97. The molecule has 2 aromatic rings. The summed E-state index contributed by atoms with van der Waals surface area (Å²) >= 11 is 0. The topological polar surface area (TPSA) is 94.9 Å². The standard InChI is InChI=1S/C19H18N2O6/c1-4-26-16(22)10-20-11(2)9-15(12(20)3)19(25)27-21-17(23)13-7-5-6-8-14(13)18(21)24/h5-9H,4,10H2,1-3H3. The molecule has 0 saturated heterocycles. The first-order chi connectivity index (χ1) is 12.8. The largest absolute Gasteiger partial charge is 0.465 e. The number of amides is 2. The maximum absolute atomic E-state index is 12.5. The molecule has 0 N–H and O–H groups in total. The molecule has 1 aromatic heterocycles. The average molecular weight is 370 g/mol. The summed E-state index contributed by atoms with van der Waals surface area (Å²) in [5.41, 5.74) is 1.65. The Bertz CT molecular complexity index is 924. The Kier molecular flexibility index (Phi) is 4.81. The van der Waals surface area contributed by atoms with Crippen LogP contribution < -0.4 is 0 Å². The normalized spacial score (nSPS) is 12.9. The molecule has 1 aromatic carbocycles. The summed E-state index contributed by atoms with van der Waals surface area (Å²) in [7, 11) is 0. The van der Waals surface area contributed by atoms with Gasteiger partial charge in [-0.1, -0.05) is 17.2 Å². The predicted octanol–water partition coefficient (Wildman–Crippen LogP) is 2.04. The number of fused-ring (bicyclic) bond motifs is 1. The van der Waals surface area contributed by atoms with E-state index < -0.39 is 23.8 Å². The van der Waals surface area contributed by atoms with Crippen LogP contribution in [0.25, 0.3) is 0 Å². The Morgan fingerprint density at radius 3 is 2.19 bits per heavy atom. The van der Waals surface area contributed by atoms with E-state index in [1.807, 2.05) is 0 Å². The van der Waals surface area contributed by atoms with E-state index in [0.717, 1.165) is 0 Å². The number of nitrogens with zero attached hydrogens (tertiary/aromatic N) is 2. The van der Waals surface area contributed by atoms with Gasteiger partial charge in [0.25, 0.3) is 11.8 Å². The van der Waals surface area contributed by atoms with Gasteiger partial charge in [-0.15, -0.1) is 0 Å². The summed E-state index contributed by atoms with van der Waals surface area (Å²) in [4.78, 5) is 54.0. The number of rotatable bonds is 5. The van der Waals surface area contributed by atoms with Crippen LogP contribution >= 0.6 is 0 Å². The van der Waals surface area contributed by atoms with Gasteiger partial charge in [0.15, 0.2) is 0 Å². The minimum Gasteiger partial charge on any atom is -0.465 e. The number of hydrogen-bond acceptors (Lipinski definition) is 6. The number of carbonyl (C=O) groups is 4. The van der Waals surface area contributed by atoms with Crippen LogP contribution in [0.1, 0.15) is 49.4 Å². The lowest BCUT2D eigenvalue weighted by Crippen LogP contribution is -2.32. The molecular weight excluding hydrogens is 352 g/mol. The first-order valence-electron chi connectivity index (χ1n) is 8.37. The molecule has 3 rings (SSSR count). The maximum atomic E-state index is 12.5. The van der Waals surface area contributed by atoms with Crippen LogP contribution in [0.3, 0.4) is 0 Å². The van der Waals surface area contributed by atoms with Crippen LogP contribution in [0.5, 0.6) is 0 Å². The average Bonchev–Trinajstić information content (AvgIpc) is 3.05. The Hall–Kier alpha value is -3.42. The number of hydroxylamine groups is 2. The van der Waals surface area contributed by atoms with Crippen LogP contribution in [0, 0.1) is 13.8 Å². The second-order valence-corrected chi connectivity index (χ2v) is 6.00. The van der Waals surface area contributed by atoms with Gasteiger partial charge in [0.05, 0.1) is 23.3 Å². The van der Waals surface area contributed by atoms with Crippen molar-refractivity contribution in [3.05, 3.63) is 58.4 Å². The van der Waals surface area contributed by atoms with E-state index in [2.05, 4.69) is 0 Å². The fraction of sp³-hybridized carbons (Fsp3) is 0.263. The second kappa shape index (κ2) is 7.06. The number of esters is 1. The molecule has 2 amide bonds. The smallest absolute Gasteiger partial charge is 0.365 e. The van der Waals surface area contributed by atoms with Gasteiger partial charge in [0, 0.05) is 11.4 Å². The van der Waals surface area contributed by atoms with E-state index in [1.165, 1.54) is 18.2 Å². The van der Waals surface area contributed by atoms with E-state index in [0.29, 0.717) is 16.5 Å². The van der Waals surface area contributed by atoms with Gasteiger partial charge in [0.2, 0.25) is 0 Å². The highest BCUT2D eigenvalue weighted by molar-refractivity contribution is 6.21. The summed E-state index contributed by atoms with van der Waals surface area (Å²) in [5, 5.41) is 0.463. The first-order valence-corrected chi connectivity index (χ1v) is 8.37. The number of carbonyl (C=O) groups excluding carboxylic acids is 4. The van der Waals surface area contributed by atoms with Crippen molar-refractivity contribution in [3.8, 4) is 0 Å². The summed E-state index contributed by atoms with van der Waals surface area (Å²) in [6, 6.07) is 7.77. The molecule has 0 saturated carbocycles. The van der Waals surface area contributed by atoms with E-state index in [4.69, 9.17) is 9.57 Å². The highest BCUT2D eigenvalue weighted by atomic mass is 16.7. The lowest BCUT2D eigenvalue weighted by Gasteiger charge is -2.13. The molecule has 0 spiro atoms. The van der Waals surface area contributed by atoms with Crippen molar-refractivity contribution in [3.63, 3.8) is 0 Å². The van der Waals surface area contributed by atoms with Crippen LogP contribution in [0.15, 0.2) is 30.3 Å². The Balaban J connectivity index is 1.81. The van der Waals surface area contributed by atoms with Crippen LogP contribution in [0.2, 0.25) is 0 Å². The van der Waals surface area contributed by atoms with Crippen molar-refractivity contribution in [1.29, 1.82) is 0 Å². The van der Waals surface area contributed by atoms with Gasteiger partial charge < -0.3 is 14.1 Å². The van der Waals surface area contributed by atoms with Crippen molar-refractivity contribution < 1.29 is 28.8 Å². The molecule has 27 heavy (non-hydrogen) atoms.